The molecule has 2 aromatic rings. The van der Waals surface area contributed by atoms with Gasteiger partial charge in [-0.25, -0.2) is 12.8 Å². The van der Waals surface area contributed by atoms with Crippen molar-refractivity contribution in [3.63, 3.8) is 0 Å². The van der Waals surface area contributed by atoms with Crippen LogP contribution >= 0.6 is 0 Å². The van der Waals surface area contributed by atoms with Gasteiger partial charge >= 0.3 is 6.18 Å². The zero-order chi connectivity index (χ0) is 21.9. The van der Waals surface area contributed by atoms with E-state index in [4.69, 9.17) is 4.74 Å². The van der Waals surface area contributed by atoms with Crippen LogP contribution in [-0.4, -0.2) is 56.7 Å². The van der Waals surface area contributed by atoms with Crippen LogP contribution in [0.2, 0.25) is 0 Å². The zero-order valence-electron chi connectivity index (χ0n) is 16.1. The molecule has 0 N–H and O–H groups in total. The fourth-order valence-corrected chi connectivity index (χ4v) is 4.93. The summed E-state index contributed by atoms with van der Waals surface area (Å²) in [4.78, 5) is 5.44. The van der Waals surface area contributed by atoms with Gasteiger partial charge in [0, 0.05) is 25.8 Å². The number of alkyl halides is 3. The Kier molecular flexibility index (Phi) is 6.63. The summed E-state index contributed by atoms with van der Waals surface area (Å²) in [6, 6.07) is 2.47. The van der Waals surface area contributed by atoms with Gasteiger partial charge in [0.05, 0.1) is 25.1 Å². The third-order valence-electron chi connectivity index (χ3n) is 4.78. The van der Waals surface area contributed by atoms with Gasteiger partial charge in [-0.3, -0.25) is 4.98 Å². The van der Waals surface area contributed by atoms with E-state index in [0.717, 1.165) is 30.5 Å². The van der Waals surface area contributed by atoms with Crippen molar-refractivity contribution in [3.05, 3.63) is 54.1 Å². The predicted molar refractivity (Wildman–Crippen MR) is 102 cm³/mol. The minimum Gasteiger partial charge on any atom is -0.378 e. The molecule has 30 heavy (non-hydrogen) atoms. The van der Waals surface area contributed by atoms with Gasteiger partial charge in [-0.1, -0.05) is 19.1 Å². The Hall–Kier alpha value is -2.24. The van der Waals surface area contributed by atoms with E-state index in [1.165, 1.54) is 19.2 Å². The molecule has 6 nitrogen and oxygen atoms in total. The van der Waals surface area contributed by atoms with Crippen molar-refractivity contribution in [1.29, 1.82) is 0 Å². The van der Waals surface area contributed by atoms with Crippen LogP contribution in [0.25, 0.3) is 0 Å². The molecule has 1 aromatic carbocycles. The van der Waals surface area contributed by atoms with Crippen LogP contribution in [0.4, 0.5) is 23.2 Å². The van der Waals surface area contributed by atoms with Crippen molar-refractivity contribution in [1.82, 2.24) is 9.29 Å². The van der Waals surface area contributed by atoms with Crippen LogP contribution in [-0.2, 0) is 14.8 Å². The molecule has 3 rings (SSSR count). The SMILES string of the molecule is CCN([C@H](c1ccc(F)cc1)C(F)(F)F)S(=O)(=O)c1cncc(N2CCOCC2)c1. The summed E-state index contributed by atoms with van der Waals surface area (Å²) in [6.45, 7) is 2.83. The van der Waals surface area contributed by atoms with Crippen molar-refractivity contribution in [3.8, 4) is 0 Å². The summed E-state index contributed by atoms with van der Waals surface area (Å²) in [5.74, 6) is -0.715. The Morgan fingerprint density at radius 2 is 1.80 bits per heavy atom. The average molecular weight is 447 g/mol. The number of aromatic nitrogens is 1. The molecule has 0 radical (unpaired) electrons. The molecular weight excluding hydrogens is 426 g/mol. The molecule has 1 saturated heterocycles. The first-order chi connectivity index (χ1) is 14.1. The summed E-state index contributed by atoms with van der Waals surface area (Å²) in [7, 11) is -4.55. The largest absolute Gasteiger partial charge is 0.409 e. The summed E-state index contributed by atoms with van der Waals surface area (Å²) in [5.41, 5.74) is 0.118. The van der Waals surface area contributed by atoms with Crippen LogP contribution in [0.5, 0.6) is 0 Å². The minimum atomic E-state index is -4.91. The number of hydrogen-bond acceptors (Lipinski definition) is 5. The van der Waals surface area contributed by atoms with Gasteiger partial charge in [-0.2, -0.15) is 17.5 Å². The molecule has 1 fully saturated rings. The fraction of sp³-hybridized carbons (Fsp3) is 0.421. The summed E-state index contributed by atoms with van der Waals surface area (Å²) in [6.07, 6.45) is -2.42. The molecule has 1 atom stereocenters. The highest BCUT2D eigenvalue weighted by atomic mass is 32.2. The highest BCUT2D eigenvalue weighted by molar-refractivity contribution is 7.89. The van der Waals surface area contributed by atoms with Crippen LogP contribution in [0.3, 0.4) is 0 Å². The monoisotopic (exact) mass is 447 g/mol. The number of hydrogen-bond donors (Lipinski definition) is 0. The average Bonchev–Trinajstić information content (AvgIpc) is 2.72. The third kappa shape index (κ3) is 4.73. The van der Waals surface area contributed by atoms with Crippen LogP contribution in [0.1, 0.15) is 18.5 Å². The summed E-state index contributed by atoms with van der Waals surface area (Å²) in [5, 5.41) is 0. The number of morpholine rings is 1. The Morgan fingerprint density at radius 1 is 1.17 bits per heavy atom. The smallest absolute Gasteiger partial charge is 0.378 e. The molecule has 2 heterocycles. The van der Waals surface area contributed by atoms with Crippen molar-refractivity contribution < 1.29 is 30.7 Å². The second-order valence-corrected chi connectivity index (χ2v) is 8.57. The quantitative estimate of drug-likeness (QED) is 0.636. The summed E-state index contributed by atoms with van der Waals surface area (Å²) >= 11 is 0. The molecule has 11 heteroatoms. The van der Waals surface area contributed by atoms with Gasteiger partial charge < -0.3 is 9.64 Å². The molecule has 0 saturated carbocycles. The molecule has 164 valence electrons. The molecule has 1 aliphatic rings. The lowest BCUT2D eigenvalue weighted by atomic mass is 10.1. The van der Waals surface area contributed by atoms with E-state index in [1.807, 2.05) is 4.90 Å². The first kappa shape index (κ1) is 22.4. The molecule has 0 unspecified atom stereocenters. The second kappa shape index (κ2) is 8.86. The lowest BCUT2D eigenvalue weighted by Crippen LogP contribution is -2.42. The maximum atomic E-state index is 13.9. The van der Waals surface area contributed by atoms with E-state index in [9.17, 15) is 26.0 Å². The van der Waals surface area contributed by atoms with Gasteiger partial charge in [-0.05, 0) is 23.8 Å². The van der Waals surface area contributed by atoms with E-state index in [1.54, 1.807) is 0 Å². The molecule has 1 aliphatic heterocycles. The molecular formula is C19H21F4N3O3S. The second-order valence-electron chi connectivity index (χ2n) is 6.68. The molecule has 0 spiro atoms. The van der Waals surface area contributed by atoms with E-state index in [2.05, 4.69) is 4.98 Å². The number of pyridine rings is 1. The Labute approximate surface area is 172 Å². The first-order valence-electron chi connectivity index (χ1n) is 9.26. The van der Waals surface area contributed by atoms with E-state index in [-0.39, 0.29) is 10.5 Å². The molecule has 1 aromatic heterocycles. The molecule has 0 amide bonds. The lowest BCUT2D eigenvalue weighted by Gasteiger charge is -2.32. The van der Waals surface area contributed by atoms with Crippen molar-refractivity contribution in [2.45, 2.75) is 24.0 Å². The minimum absolute atomic E-state index is 0.343. The number of benzene rings is 1. The normalized spacial score (nSPS) is 16.7. The highest BCUT2D eigenvalue weighted by Crippen LogP contribution is 2.40. The number of halogens is 4. The topological polar surface area (TPSA) is 62.7 Å². The molecule has 0 aliphatic carbocycles. The van der Waals surface area contributed by atoms with E-state index < -0.39 is 34.6 Å². The Bertz CT molecular complexity index is 962. The van der Waals surface area contributed by atoms with E-state index >= 15 is 0 Å². The molecule has 0 bridgehead atoms. The zero-order valence-corrected chi connectivity index (χ0v) is 17.0. The van der Waals surface area contributed by atoms with E-state index in [0.29, 0.717) is 36.3 Å². The maximum Gasteiger partial charge on any atom is 0.409 e. The van der Waals surface area contributed by atoms with Crippen molar-refractivity contribution in [2.24, 2.45) is 0 Å². The number of sulfonamides is 1. The van der Waals surface area contributed by atoms with Crippen LogP contribution in [0.15, 0.2) is 47.6 Å². The van der Waals surface area contributed by atoms with Gasteiger partial charge in [0.1, 0.15) is 16.8 Å². The van der Waals surface area contributed by atoms with Gasteiger partial charge in [0.15, 0.2) is 0 Å². The Balaban J connectivity index is 2.02. The van der Waals surface area contributed by atoms with Gasteiger partial charge in [0.2, 0.25) is 10.0 Å². The predicted octanol–water partition coefficient (Wildman–Crippen LogP) is 3.37. The number of ether oxygens (including phenoxy) is 1. The van der Waals surface area contributed by atoms with Gasteiger partial charge in [0.25, 0.3) is 0 Å². The Morgan fingerprint density at radius 3 is 2.37 bits per heavy atom. The number of anilines is 1. The lowest BCUT2D eigenvalue weighted by molar-refractivity contribution is -0.173. The number of nitrogens with zero attached hydrogens (tertiary/aromatic N) is 3. The fourth-order valence-electron chi connectivity index (χ4n) is 3.33. The van der Waals surface area contributed by atoms with Gasteiger partial charge in [-0.15, -0.1) is 0 Å². The highest BCUT2D eigenvalue weighted by Gasteiger charge is 2.48. The van der Waals surface area contributed by atoms with Crippen molar-refractivity contribution in [2.75, 3.05) is 37.7 Å². The maximum absolute atomic E-state index is 13.9. The standard InChI is InChI=1S/C19H21F4N3O3S/c1-2-26(18(19(21,22)23)14-3-5-15(20)6-4-14)30(27,28)17-11-16(12-24-13-17)25-7-9-29-10-8-25/h3-6,11-13,18H,2,7-10H2,1H3/t18-/m1/s1. The summed E-state index contributed by atoms with van der Waals surface area (Å²) < 4.78 is 87.0. The first-order valence-corrected chi connectivity index (χ1v) is 10.7. The number of rotatable bonds is 6. The van der Waals surface area contributed by atoms with Crippen molar-refractivity contribution >= 4 is 15.7 Å². The van der Waals surface area contributed by atoms with Crippen LogP contribution < -0.4 is 4.90 Å². The third-order valence-corrected chi connectivity index (χ3v) is 6.68. The van der Waals surface area contributed by atoms with Crippen LogP contribution in [0, 0.1) is 5.82 Å².